The number of sulfonamides is 1. The van der Waals surface area contributed by atoms with Gasteiger partial charge in [0.05, 0.1) is 3.79 Å². The van der Waals surface area contributed by atoms with Crippen LogP contribution >= 0.6 is 27.3 Å². The lowest BCUT2D eigenvalue weighted by Crippen LogP contribution is -2.26. The molecule has 0 aromatic carbocycles. The van der Waals surface area contributed by atoms with Crippen LogP contribution in [0.1, 0.15) is 11.4 Å². The summed E-state index contributed by atoms with van der Waals surface area (Å²) in [4.78, 5) is 4.15. The number of halogens is 1. The third-order valence-electron chi connectivity index (χ3n) is 2.66. The van der Waals surface area contributed by atoms with E-state index in [1.165, 1.54) is 11.3 Å². The average Bonchev–Trinajstić information content (AvgIpc) is 2.88. The van der Waals surface area contributed by atoms with E-state index in [0.717, 1.165) is 15.2 Å². The molecule has 2 aromatic rings. The van der Waals surface area contributed by atoms with Crippen LogP contribution in [0.3, 0.4) is 0 Å². The Kier molecular flexibility index (Phi) is 4.44. The van der Waals surface area contributed by atoms with Gasteiger partial charge in [-0.3, -0.25) is 0 Å². The van der Waals surface area contributed by atoms with Crippen LogP contribution in [-0.2, 0) is 23.5 Å². The molecule has 2 heterocycles. The molecular weight excluding hydrogens is 350 g/mol. The average molecular weight is 364 g/mol. The summed E-state index contributed by atoms with van der Waals surface area (Å²) in [6.45, 7) is 2.20. The molecule has 0 spiro atoms. The Morgan fingerprint density at radius 3 is 2.79 bits per heavy atom. The van der Waals surface area contributed by atoms with E-state index in [1.54, 1.807) is 12.3 Å². The highest BCUT2D eigenvalue weighted by Crippen LogP contribution is 2.30. The zero-order valence-corrected chi connectivity index (χ0v) is 13.8. The molecule has 0 radical (unpaired) electrons. The zero-order chi connectivity index (χ0) is 14.0. The van der Waals surface area contributed by atoms with Gasteiger partial charge >= 0.3 is 0 Å². The van der Waals surface area contributed by atoms with Crippen LogP contribution in [0.25, 0.3) is 0 Å². The van der Waals surface area contributed by atoms with Gasteiger partial charge in [0.15, 0.2) is 0 Å². The van der Waals surface area contributed by atoms with Crippen molar-refractivity contribution >= 4 is 37.3 Å². The monoisotopic (exact) mass is 363 g/mol. The third-order valence-corrected chi connectivity index (χ3v) is 6.73. The van der Waals surface area contributed by atoms with Crippen LogP contribution in [0, 0.1) is 6.92 Å². The fourth-order valence-electron chi connectivity index (χ4n) is 1.57. The topological polar surface area (TPSA) is 64.0 Å². The molecule has 8 heteroatoms. The molecule has 0 fully saturated rings. The highest BCUT2D eigenvalue weighted by atomic mass is 79.9. The molecule has 0 aliphatic heterocycles. The van der Waals surface area contributed by atoms with Crippen molar-refractivity contribution in [2.45, 2.75) is 17.6 Å². The summed E-state index contributed by atoms with van der Waals surface area (Å²) >= 11 is 4.55. The van der Waals surface area contributed by atoms with Gasteiger partial charge in [-0.2, -0.15) is 0 Å². The maximum absolute atomic E-state index is 12.1. The number of aromatic nitrogens is 2. The van der Waals surface area contributed by atoms with Gasteiger partial charge in [0.25, 0.3) is 0 Å². The maximum atomic E-state index is 12.1. The number of hydrogen-bond acceptors (Lipinski definition) is 4. The largest absolute Gasteiger partial charge is 0.338 e. The van der Waals surface area contributed by atoms with Crippen molar-refractivity contribution in [1.29, 1.82) is 0 Å². The van der Waals surface area contributed by atoms with Crippen molar-refractivity contribution in [3.8, 4) is 0 Å². The summed E-state index contributed by atoms with van der Waals surface area (Å²) < 4.78 is 29.8. The summed E-state index contributed by atoms with van der Waals surface area (Å²) in [5.41, 5.74) is 0.925. The normalized spacial score (nSPS) is 11.9. The van der Waals surface area contributed by atoms with E-state index in [-0.39, 0.29) is 0 Å². The van der Waals surface area contributed by atoms with Gasteiger partial charge in [-0.1, -0.05) is 0 Å². The number of aryl methyl sites for hydroxylation is 2. The zero-order valence-electron chi connectivity index (χ0n) is 10.6. The minimum absolute atomic E-state index is 0.330. The summed E-state index contributed by atoms with van der Waals surface area (Å²) in [5, 5.41) is 0. The molecule has 0 saturated carbocycles. The minimum atomic E-state index is -3.43. The first-order valence-corrected chi connectivity index (χ1v) is 8.71. The molecule has 0 bridgehead atoms. The fraction of sp³-hybridized carbons (Fsp3) is 0.364. The molecule has 0 saturated heterocycles. The third kappa shape index (κ3) is 3.44. The lowest BCUT2D eigenvalue weighted by molar-refractivity contribution is 0.582. The highest BCUT2D eigenvalue weighted by Gasteiger charge is 2.17. The van der Waals surface area contributed by atoms with E-state index >= 15 is 0 Å². The van der Waals surface area contributed by atoms with Crippen LogP contribution < -0.4 is 4.72 Å². The van der Waals surface area contributed by atoms with E-state index in [1.807, 2.05) is 24.7 Å². The lowest BCUT2D eigenvalue weighted by Gasteiger charge is -2.04. The SMILES string of the molecule is Cc1cc(S(=O)(=O)NCCc2nccn2C)sc1Br. The van der Waals surface area contributed by atoms with Gasteiger partial charge in [-0.15, -0.1) is 11.3 Å². The van der Waals surface area contributed by atoms with Crippen LogP contribution in [0.15, 0.2) is 26.5 Å². The summed E-state index contributed by atoms with van der Waals surface area (Å²) in [7, 11) is -1.54. The van der Waals surface area contributed by atoms with Crippen molar-refractivity contribution in [1.82, 2.24) is 14.3 Å². The Balaban J connectivity index is 2.00. The van der Waals surface area contributed by atoms with Gasteiger partial charge < -0.3 is 4.57 Å². The summed E-state index contributed by atoms with van der Waals surface area (Å²) in [6, 6.07) is 1.66. The van der Waals surface area contributed by atoms with E-state index < -0.39 is 10.0 Å². The predicted octanol–water partition coefficient (Wildman–Crippen LogP) is 2.07. The first kappa shape index (κ1) is 14.7. The number of thiophene rings is 1. The number of hydrogen-bond donors (Lipinski definition) is 1. The molecule has 1 N–H and O–H groups in total. The van der Waals surface area contributed by atoms with Crippen molar-refractivity contribution in [3.63, 3.8) is 0 Å². The summed E-state index contributed by atoms with van der Waals surface area (Å²) in [6.07, 6.45) is 4.10. The smallest absolute Gasteiger partial charge is 0.250 e. The number of rotatable bonds is 5. The van der Waals surface area contributed by atoms with Gasteiger partial charge in [0.2, 0.25) is 10.0 Å². The van der Waals surface area contributed by atoms with Crippen LogP contribution in [-0.4, -0.2) is 24.5 Å². The number of nitrogens with zero attached hydrogens (tertiary/aromatic N) is 2. The first-order valence-electron chi connectivity index (χ1n) is 5.62. The van der Waals surface area contributed by atoms with Crippen molar-refractivity contribution in [2.75, 3.05) is 6.54 Å². The summed E-state index contributed by atoms with van der Waals surface area (Å²) in [5.74, 6) is 0.853. The number of imidazole rings is 1. The van der Waals surface area contributed by atoms with Crippen molar-refractivity contribution in [3.05, 3.63) is 33.6 Å². The fourth-order valence-corrected chi connectivity index (χ4v) is 4.87. The van der Waals surface area contributed by atoms with Crippen LogP contribution in [0.4, 0.5) is 0 Å². The maximum Gasteiger partial charge on any atom is 0.250 e. The van der Waals surface area contributed by atoms with Crippen LogP contribution in [0.5, 0.6) is 0 Å². The predicted molar refractivity (Wildman–Crippen MR) is 78.9 cm³/mol. The van der Waals surface area contributed by atoms with Crippen molar-refractivity contribution in [2.24, 2.45) is 7.05 Å². The van der Waals surface area contributed by atoms with E-state index in [0.29, 0.717) is 17.2 Å². The van der Waals surface area contributed by atoms with E-state index in [2.05, 4.69) is 25.6 Å². The lowest BCUT2D eigenvalue weighted by atomic mass is 10.4. The Bertz CT molecular complexity index is 656. The molecule has 104 valence electrons. The molecule has 0 aliphatic carbocycles. The Hall–Kier alpha value is -0.700. The molecule has 2 aromatic heterocycles. The quantitative estimate of drug-likeness (QED) is 0.884. The molecule has 0 aliphatic rings. The minimum Gasteiger partial charge on any atom is -0.338 e. The second-order valence-electron chi connectivity index (χ2n) is 4.12. The van der Waals surface area contributed by atoms with Crippen molar-refractivity contribution < 1.29 is 8.42 Å². The van der Waals surface area contributed by atoms with E-state index in [4.69, 9.17) is 0 Å². The van der Waals surface area contributed by atoms with Gasteiger partial charge in [0, 0.05) is 32.4 Å². The number of nitrogens with one attached hydrogen (secondary N) is 1. The van der Waals surface area contributed by atoms with Gasteiger partial charge in [-0.05, 0) is 34.5 Å². The molecule has 0 amide bonds. The molecule has 0 atom stereocenters. The standard InChI is InChI=1S/C11H14BrN3O2S2/c1-8-7-10(18-11(8)12)19(16,17)14-4-3-9-13-5-6-15(9)2/h5-7,14H,3-4H2,1-2H3. The molecule has 0 unspecified atom stereocenters. The van der Waals surface area contributed by atoms with Crippen LogP contribution in [0.2, 0.25) is 0 Å². The molecule has 5 nitrogen and oxygen atoms in total. The van der Waals surface area contributed by atoms with Gasteiger partial charge in [-0.25, -0.2) is 18.1 Å². The molecular formula is C11H14BrN3O2S2. The highest BCUT2D eigenvalue weighted by molar-refractivity contribution is 9.11. The Morgan fingerprint density at radius 2 is 2.26 bits per heavy atom. The van der Waals surface area contributed by atoms with Gasteiger partial charge in [0.1, 0.15) is 10.0 Å². The first-order chi connectivity index (χ1) is 8.90. The Morgan fingerprint density at radius 1 is 1.53 bits per heavy atom. The second-order valence-corrected chi connectivity index (χ2v) is 8.49. The van der Waals surface area contributed by atoms with E-state index in [9.17, 15) is 8.42 Å². The Labute approximate surface area is 124 Å². The molecule has 19 heavy (non-hydrogen) atoms. The molecule has 2 rings (SSSR count). The second kappa shape index (κ2) is 5.74.